The summed E-state index contributed by atoms with van der Waals surface area (Å²) in [6.45, 7) is 0.172. The Morgan fingerprint density at radius 1 is 1.02 bits per heavy atom. The van der Waals surface area contributed by atoms with Crippen LogP contribution in [0.3, 0.4) is 0 Å². The van der Waals surface area contributed by atoms with Gasteiger partial charge in [-0.05, 0) is 24.3 Å². The van der Waals surface area contributed by atoms with Crippen LogP contribution in [0.5, 0.6) is 0 Å². The minimum Gasteiger partial charge on any atom is -0.478 e. The normalized spacial score (nSPS) is 22.9. The van der Waals surface area contributed by atoms with Crippen molar-refractivity contribution < 1.29 is 95.2 Å². The number of aromatic nitrogens is 4. The summed E-state index contributed by atoms with van der Waals surface area (Å²) in [6, 6.07) is 5.25. The van der Waals surface area contributed by atoms with E-state index in [0.717, 1.165) is 33.9 Å². The van der Waals surface area contributed by atoms with Gasteiger partial charge in [-0.15, -0.1) is 11.8 Å². The van der Waals surface area contributed by atoms with Gasteiger partial charge in [0.1, 0.15) is 36.3 Å². The molecule has 0 aliphatic carbocycles. The second kappa shape index (κ2) is 20.5. The minimum atomic E-state index is -5.61. The largest absolute Gasteiger partial charge is 0.481 e. The van der Waals surface area contributed by atoms with Crippen LogP contribution in [0.4, 0.5) is 11.5 Å². The van der Waals surface area contributed by atoms with Gasteiger partial charge in [0.25, 0.3) is 0 Å². The highest BCUT2D eigenvalue weighted by Gasteiger charge is 2.50. The summed E-state index contributed by atoms with van der Waals surface area (Å²) in [5, 5.41) is 34.8. The number of thioether (sulfide) groups is 1. The van der Waals surface area contributed by atoms with E-state index in [2.05, 4.69) is 34.4 Å². The quantitative estimate of drug-likeness (QED) is 0.0333. The summed E-state index contributed by atoms with van der Waals surface area (Å²) in [5.41, 5.74) is 4.40. The number of aliphatic hydroxyl groups excluding tert-OH is 2. The van der Waals surface area contributed by atoms with Crippen LogP contribution in [0.15, 0.2) is 36.9 Å². The van der Waals surface area contributed by atoms with Gasteiger partial charge in [0.05, 0.1) is 36.0 Å². The number of aliphatic hydroxyl groups is 2. The van der Waals surface area contributed by atoms with Crippen LogP contribution in [-0.2, 0) is 55.5 Å². The number of hydrogen-bond donors (Lipinski definition) is 10. The Balaban J connectivity index is 1.03. The zero-order valence-electron chi connectivity index (χ0n) is 33.4. The van der Waals surface area contributed by atoms with Crippen LogP contribution >= 0.6 is 35.2 Å². The van der Waals surface area contributed by atoms with Crippen LogP contribution in [0.2, 0.25) is 0 Å². The number of rotatable bonds is 22. The third kappa shape index (κ3) is 13.0. The molecule has 32 heteroatoms. The Morgan fingerprint density at radius 2 is 1.69 bits per heavy atom. The van der Waals surface area contributed by atoms with Gasteiger partial charge in [0.2, 0.25) is 23.6 Å². The first kappa shape index (κ1) is 50.7. The van der Waals surface area contributed by atoms with E-state index < -0.39 is 108 Å². The molecule has 352 valence electrons. The molecule has 4 unspecified atom stereocenters. The van der Waals surface area contributed by atoms with Crippen molar-refractivity contribution in [2.45, 2.75) is 62.6 Å². The highest BCUT2D eigenvalue weighted by molar-refractivity contribution is 8.00. The standard InChI is InChI=1S/C32H43N8O20P3S/c1-32(2,25(44)28(45)35-8-7-20(41)34-9-10-64-19-11-21(42)40(29(19)46)17-5-3-16(4-6-17)31(47)48)13-57-63(54,55)60-62(52,53)56-12-18-24(59-61(49,50)51)23(43)30(58-18)39-15-38-22-26(33)36-14-37-27(22)39/h3-6,14-15,18-19,23-25,30,43-44H,7-13H2,1-2H3,(H,34,41)(H,35,45)(H,47,48)(H,52,53)(H,54,55)(H2,33,36,37)(H2,49,50,51)/t18-,19?,23-,24-,25?,30-/m1/s1. The summed E-state index contributed by atoms with van der Waals surface area (Å²) < 4.78 is 62.2. The zero-order chi connectivity index (χ0) is 47.4. The van der Waals surface area contributed by atoms with Gasteiger partial charge in [0, 0.05) is 37.1 Å². The maximum Gasteiger partial charge on any atom is 0.481 e. The number of benzene rings is 1. The van der Waals surface area contributed by atoms with Crippen molar-refractivity contribution in [3.05, 3.63) is 42.5 Å². The molecular formula is C32H43N8O20P3S. The lowest BCUT2D eigenvalue weighted by Crippen LogP contribution is -2.46. The van der Waals surface area contributed by atoms with Gasteiger partial charge < -0.3 is 56.0 Å². The molecule has 28 nitrogen and oxygen atoms in total. The molecule has 2 fully saturated rings. The zero-order valence-corrected chi connectivity index (χ0v) is 36.9. The number of aromatic carboxylic acids is 1. The predicted molar refractivity (Wildman–Crippen MR) is 216 cm³/mol. The van der Waals surface area contributed by atoms with E-state index in [0.29, 0.717) is 0 Å². The molecule has 0 spiro atoms. The molecule has 5 rings (SSSR count). The van der Waals surface area contributed by atoms with E-state index >= 15 is 0 Å². The molecule has 3 aromatic rings. The molecule has 0 radical (unpaired) electrons. The van der Waals surface area contributed by atoms with E-state index in [-0.39, 0.29) is 59.9 Å². The van der Waals surface area contributed by atoms with Gasteiger partial charge in [-0.1, -0.05) is 13.8 Å². The number of anilines is 2. The number of phosphoric ester groups is 3. The molecule has 2 aliphatic heterocycles. The van der Waals surface area contributed by atoms with Crippen molar-refractivity contribution in [2.75, 3.05) is 42.7 Å². The Labute approximate surface area is 365 Å². The summed E-state index contributed by atoms with van der Waals surface area (Å²) in [4.78, 5) is 113. The van der Waals surface area contributed by atoms with Crippen molar-refractivity contribution in [3.63, 3.8) is 0 Å². The SMILES string of the molecule is CC(C)(COP(=O)(O)OP(=O)(O)OC[C@H]1O[C@@H](n2cnc3c(N)ncnc32)[C@H](O)[C@@H]1OP(=O)(O)O)C(O)C(=O)NCCC(=O)NCCSC1CC(=O)N(c2ccc(C(=O)O)cc2)C1=O. The Morgan fingerprint density at radius 3 is 2.34 bits per heavy atom. The number of carbonyl (C=O) groups is 5. The third-order valence-corrected chi connectivity index (χ3v) is 13.6. The Bertz CT molecular complexity index is 2390. The lowest BCUT2D eigenvalue weighted by molar-refractivity contribution is -0.137. The number of imidazole rings is 1. The number of imide groups is 1. The third-order valence-electron chi connectivity index (χ3n) is 9.30. The average molecular weight is 985 g/mol. The molecule has 11 N–H and O–H groups in total. The second-order valence-electron chi connectivity index (χ2n) is 14.6. The van der Waals surface area contributed by atoms with E-state index in [1.54, 1.807) is 0 Å². The molecule has 1 aromatic carbocycles. The first-order chi connectivity index (χ1) is 29.8. The molecule has 2 saturated heterocycles. The van der Waals surface area contributed by atoms with E-state index in [4.69, 9.17) is 24.6 Å². The predicted octanol–water partition coefficient (Wildman–Crippen LogP) is -0.832. The number of nitrogens with zero attached hydrogens (tertiary/aromatic N) is 5. The van der Waals surface area contributed by atoms with E-state index in [9.17, 15) is 67.5 Å². The molecule has 4 heterocycles. The first-order valence-electron chi connectivity index (χ1n) is 18.5. The number of carboxylic acid groups (broad SMARTS) is 1. The number of carboxylic acids is 1. The van der Waals surface area contributed by atoms with Gasteiger partial charge in [-0.2, -0.15) is 4.31 Å². The molecular weight excluding hydrogens is 941 g/mol. The molecule has 0 bridgehead atoms. The van der Waals surface area contributed by atoms with Crippen molar-refractivity contribution in [1.29, 1.82) is 0 Å². The fraction of sp³-hybridized carbons (Fsp3) is 0.500. The van der Waals surface area contributed by atoms with Crippen molar-refractivity contribution >= 4 is 87.5 Å². The van der Waals surface area contributed by atoms with Gasteiger partial charge in [-0.3, -0.25) is 37.3 Å². The maximum atomic E-state index is 12.8. The highest BCUT2D eigenvalue weighted by atomic mass is 32.2. The number of nitrogens with one attached hydrogen (secondary N) is 2. The van der Waals surface area contributed by atoms with Crippen LogP contribution in [0.25, 0.3) is 11.2 Å². The Hall–Kier alpha value is -4.28. The van der Waals surface area contributed by atoms with Crippen LogP contribution in [0.1, 0.15) is 43.3 Å². The van der Waals surface area contributed by atoms with Gasteiger partial charge in [-0.25, -0.2) is 38.3 Å². The molecule has 64 heavy (non-hydrogen) atoms. The number of ether oxygens (including phenoxy) is 1. The summed E-state index contributed by atoms with van der Waals surface area (Å²) in [5.74, 6) is -3.49. The smallest absolute Gasteiger partial charge is 0.478 e. The minimum absolute atomic E-state index is 0.0134. The monoisotopic (exact) mass is 984 g/mol. The summed E-state index contributed by atoms with van der Waals surface area (Å²) in [7, 11) is -16.5. The number of nitrogens with two attached hydrogens (primary N) is 1. The van der Waals surface area contributed by atoms with E-state index in [1.807, 2.05) is 0 Å². The fourth-order valence-corrected chi connectivity index (χ4v) is 9.93. The number of carbonyl (C=O) groups excluding carboxylic acids is 4. The molecule has 8 atom stereocenters. The Kier molecular flexibility index (Phi) is 16.2. The highest BCUT2D eigenvalue weighted by Crippen LogP contribution is 2.61. The molecule has 2 aliphatic rings. The first-order valence-corrected chi connectivity index (χ1v) is 24.1. The van der Waals surface area contributed by atoms with Crippen molar-refractivity contribution in [2.24, 2.45) is 5.41 Å². The van der Waals surface area contributed by atoms with Crippen LogP contribution in [0, 0.1) is 5.41 Å². The van der Waals surface area contributed by atoms with Crippen molar-refractivity contribution in [1.82, 2.24) is 30.2 Å². The summed E-state index contributed by atoms with van der Waals surface area (Å²) in [6.07, 6.45) is -7.27. The van der Waals surface area contributed by atoms with Gasteiger partial charge >= 0.3 is 29.4 Å². The van der Waals surface area contributed by atoms with Crippen LogP contribution < -0.4 is 21.3 Å². The van der Waals surface area contributed by atoms with Crippen LogP contribution in [-0.4, -0.2) is 146 Å². The average Bonchev–Trinajstić information content (AvgIpc) is 3.86. The molecule has 2 aromatic heterocycles. The van der Waals surface area contributed by atoms with Crippen molar-refractivity contribution in [3.8, 4) is 0 Å². The topological polar surface area (TPSA) is 421 Å². The lowest BCUT2D eigenvalue weighted by atomic mass is 9.87. The number of fused-ring (bicyclic) bond motifs is 1. The number of nitrogen functional groups attached to an aromatic ring is 1. The van der Waals surface area contributed by atoms with Gasteiger partial charge in [0.15, 0.2) is 17.7 Å². The molecule has 0 saturated carbocycles. The second-order valence-corrected chi connectivity index (χ2v) is 20.1. The maximum absolute atomic E-state index is 12.8. The summed E-state index contributed by atoms with van der Waals surface area (Å²) >= 11 is 1.13. The van der Waals surface area contributed by atoms with E-state index in [1.165, 1.54) is 38.1 Å². The fourth-order valence-electron chi connectivity index (χ4n) is 6.09. The number of hydrogen-bond acceptors (Lipinski definition) is 20. The lowest BCUT2D eigenvalue weighted by Gasteiger charge is -2.30. The number of phosphoric acid groups is 3. The molecule has 4 amide bonds. The number of amides is 4.